The monoisotopic (exact) mass is 421 g/mol. The van der Waals surface area contributed by atoms with Gasteiger partial charge in [-0.05, 0) is 36.1 Å². The summed E-state index contributed by atoms with van der Waals surface area (Å²) in [5, 5.41) is 0. The number of ether oxygens (including phenoxy) is 4. The van der Waals surface area contributed by atoms with E-state index in [1.807, 2.05) is 36.4 Å². The van der Waals surface area contributed by atoms with Crippen molar-refractivity contribution in [2.45, 2.75) is 43.7 Å². The molecule has 4 aliphatic rings. The van der Waals surface area contributed by atoms with Gasteiger partial charge in [0.05, 0.1) is 19.2 Å². The van der Waals surface area contributed by atoms with Crippen molar-refractivity contribution < 1.29 is 28.5 Å². The van der Waals surface area contributed by atoms with E-state index in [0.717, 1.165) is 22.3 Å². The zero-order chi connectivity index (χ0) is 21.4. The maximum absolute atomic E-state index is 13.4. The largest absolute Gasteiger partial charge is 0.342 e. The van der Waals surface area contributed by atoms with Crippen LogP contribution in [0.1, 0.15) is 31.0 Å². The molecule has 6 rings (SSSR count). The third kappa shape index (κ3) is 2.74. The van der Waals surface area contributed by atoms with Crippen LogP contribution in [0.5, 0.6) is 0 Å². The summed E-state index contributed by atoms with van der Waals surface area (Å²) < 4.78 is 23.4. The van der Waals surface area contributed by atoms with Gasteiger partial charge in [-0.3, -0.25) is 9.59 Å². The van der Waals surface area contributed by atoms with Crippen molar-refractivity contribution >= 4 is 11.7 Å². The third-order valence-corrected chi connectivity index (χ3v) is 6.54. The zero-order valence-electron chi connectivity index (χ0n) is 17.4. The van der Waals surface area contributed by atoms with Gasteiger partial charge in [0.2, 0.25) is 11.7 Å². The van der Waals surface area contributed by atoms with Crippen LogP contribution in [0.2, 0.25) is 0 Å². The van der Waals surface area contributed by atoms with Crippen LogP contribution in [-0.2, 0) is 28.5 Å². The molecule has 3 saturated heterocycles. The number of carbonyl (C=O) groups is 2. The summed E-state index contributed by atoms with van der Waals surface area (Å²) in [7, 11) is 0. The molecule has 2 aromatic rings. The standard InChI is InChI=1S/C24H23NO6/c1-23(2)30-18-11-28-24(22(27)21(18)31-23)13-25(19(26)12-29-24)20-16-9-5-3-7-14(16)15-8-4-6-10-17(15)20/h3-10,18,20-21H,11-13H2,1-2H3/t18-,21-,24-/m1/s1. The number of nitrogens with zero attached hydrogens (tertiary/aromatic N) is 1. The third-order valence-electron chi connectivity index (χ3n) is 6.54. The van der Waals surface area contributed by atoms with Crippen LogP contribution in [0.25, 0.3) is 11.1 Å². The molecule has 1 amide bonds. The van der Waals surface area contributed by atoms with E-state index in [1.165, 1.54) is 0 Å². The fourth-order valence-corrected chi connectivity index (χ4v) is 5.24. The fraction of sp³-hybridized carbons (Fsp3) is 0.417. The van der Waals surface area contributed by atoms with Crippen LogP contribution in [-0.4, -0.2) is 60.1 Å². The SMILES string of the molecule is CC1(C)O[C@@H]2CO[C@@]3(CN(C4c5ccccc5-c5ccccc54)C(=O)CO3)C(=O)[C@@H]2O1. The predicted molar refractivity (Wildman–Crippen MR) is 109 cm³/mol. The van der Waals surface area contributed by atoms with Crippen molar-refractivity contribution in [2.24, 2.45) is 0 Å². The van der Waals surface area contributed by atoms with Crippen molar-refractivity contribution in [3.8, 4) is 11.1 Å². The average Bonchev–Trinajstić information content (AvgIpc) is 3.27. The lowest BCUT2D eigenvalue weighted by atomic mass is 9.95. The molecule has 3 fully saturated rings. The molecule has 0 N–H and O–H groups in total. The number of morpholine rings is 1. The van der Waals surface area contributed by atoms with Crippen molar-refractivity contribution in [3.05, 3.63) is 59.7 Å². The number of benzene rings is 2. The first-order valence-corrected chi connectivity index (χ1v) is 10.5. The normalized spacial score (nSPS) is 31.6. The number of hydrogen-bond donors (Lipinski definition) is 0. The quantitative estimate of drug-likeness (QED) is 0.704. The second kappa shape index (κ2) is 6.46. The molecule has 7 nitrogen and oxygen atoms in total. The van der Waals surface area contributed by atoms with Gasteiger partial charge >= 0.3 is 0 Å². The Labute approximate surface area is 179 Å². The summed E-state index contributed by atoms with van der Waals surface area (Å²) in [4.78, 5) is 28.2. The number of fused-ring (bicyclic) bond motifs is 4. The molecule has 31 heavy (non-hydrogen) atoms. The lowest BCUT2D eigenvalue weighted by Gasteiger charge is -2.46. The van der Waals surface area contributed by atoms with Gasteiger partial charge < -0.3 is 23.8 Å². The molecule has 0 unspecified atom stereocenters. The molecule has 7 heteroatoms. The van der Waals surface area contributed by atoms with Crippen LogP contribution < -0.4 is 0 Å². The Morgan fingerprint density at radius 3 is 2.23 bits per heavy atom. The molecule has 3 atom stereocenters. The van der Waals surface area contributed by atoms with Gasteiger partial charge in [0.25, 0.3) is 5.79 Å². The van der Waals surface area contributed by atoms with E-state index >= 15 is 0 Å². The Balaban J connectivity index is 1.38. The lowest BCUT2D eigenvalue weighted by molar-refractivity contribution is -0.271. The molecule has 0 aromatic heterocycles. The number of ketones is 1. The number of carbonyl (C=O) groups excluding carboxylic acids is 2. The summed E-state index contributed by atoms with van der Waals surface area (Å²) in [5.74, 6) is -2.92. The van der Waals surface area contributed by atoms with Crippen molar-refractivity contribution in [1.82, 2.24) is 4.90 Å². The van der Waals surface area contributed by atoms with E-state index in [1.54, 1.807) is 18.7 Å². The van der Waals surface area contributed by atoms with Gasteiger partial charge in [-0.1, -0.05) is 48.5 Å². The molecule has 1 aliphatic carbocycles. The Morgan fingerprint density at radius 2 is 1.55 bits per heavy atom. The zero-order valence-corrected chi connectivity index (χ0v) is 17.4. The first kappa shape index (κ1) is 19.1. The van der Waals surface area contributed by atoms with Crippen molar-refractivity contribution in [3.63, 3.8) is 0 Å². The van der Waals surface area contributed by atoms with Crippen LogP contribution in [0.3, 0.4) is 0 Å². The highest BCUT2D eigenvalue weighted by Crippen LogP contribution is 2.48. The highest BCUT2D eigenvalue weighted by Gasteiger charge is 2.60. The summed E-state index contributed by atoms with van der Waals surface area (Å²) in [6.45, 7) is 3.49. The molecule has 160 valence electrons. The fourth-order valence-electron chi connectivity index (χ4n) is 5.24. The maximum Gasteiger partial charge on any atom is 0.250 e. The highest BCUT2D eigenvalue weighted by molar-refractivity contribution is 5.94. The number of rotatable bonds is 1. The minimum absolute atomic E-state index is 0.00497. The average molecular weight is 421 g/mol. The first-order valence-electron chi connectivity index (χ1n) is 10.5. The highest BCUT2D eigenvalue weighted by atomic mass is 16.8. The van der Waals surface area contributed by atoms with E-state index in [0.29, 0.717) is 0 Å². The molecule has 0 bridgehead atoms. The Morgan fingerprint density at radius 1 is 0.903 bits per heavy atom. The van der Waals surface area contributed by atoms with Crippen LogP contribution in [0, 0.1) is 0 Å². The van der Waals surface area contributed by atoms with Crippen molar-refractivity contribution in [2.75, 3.05) is 19.8 Å². The molecule has 3 heterocycles. The summed E-state index contributed by atoms with van der Waals surface area (Å²) in [6, 6.07) is 15.8. The van der Waals surface area contributed by atoms with Gasteiger partial charge in [-0.25, -0.2) is 0 Å². The van der Waals surface area contributed by atoms with Gasteiger partial charge in [0.15, 0.2) is 11.9 Å². The van der Waals surface area contributed by atoms with Crippen LogP contribution in [0.4, 0.5) is 0 Å². The van der Waals surface area contributed by atoms with Crippen LogP contribution >= 0.6 is 0 Å². The lowest BCUT2D eigenvalue weighted by Crippen LogP contribution is -2.67. The molecule has 0 saturated carbocycles. The Kier molecular flexibility index (Phi) is 3.99. The molecular formula is C24H23NO6. The summed E-state index contributed by atoms with van der Waals surface area (Å²) in [5.41, 5.74) is 4.27. The smallest absolute Gasteiger partial charge is 0.250 e. The Hall–Kier alpha value is -2.58. The van der Waals surface area contributed by atoms with Crippen LogP contribution in [0.15, 0.2) is 48.5 Å². The topological polar surface area (TPSA) is 74.3 Å². The predicted octanol–water partition coefficient (Wildman–Crippen LogP) is 2.43. The summed E-state index contributed by atoms with van der Waals surface area (Å²) >= 11 is 0. The van der Waals surface area contributed by atoms with Crippen molar-refractivity contribution in [1.29, 1.82) is 0 Å². The summed E-state index contributed by atoms with van der Waals surface area (Å²) in [6.07, 6.45) is -1.25. The van der Waals surface area contributed by atoms with E-state index in [-0.39, 0.29) is 37.5 Å². The number of hydrogen-bond acceptors (Lipinski definition) is 6. The minimum atomic E-state index is -1.55. The molecular weight excluding hydrogens is 398 g/mol. The van der Waals surface area contributed by atoms with E-state index in [4.69, 9.17) is 18.9 Å². The van der Waals surface area contributed by atoms with E-state index in [9.17, 15) is 9.59 Å². The van der Waals surface area contributed by atoms with Gasteiger partial charge in [-0.15, -0.1) is 0 Å². The van der Waals surface area contributed by atoms with E-state index < -0.39 is 23.8 Å². The number of Topliss-reactive ketones (excluding diaryl/α,β-unsaturated/α-hetero) is 1. The molecule has 1 spiro atoms. The molecule has 2 aromatic carbocycles. The first-order chi connectivity index (χ1) is 14.9. The minimum Gasteiger partial charge on any atom is -0.342 e. The van der Waals surface area contributed by atoms with Gasteiger partial charge in [-0.2, -0.15) is 0 Å². The molecule has 0 radical (unpaired) electrons. The van der Waals surface area contributed by atoms with Gasteiger partial charge in [0.1, 0.15) is 12.7 Å². The molecule has 3 aliphatic heterocycles. The van der Waals surface area contributed by atoms with E-state index in [2.05, 4.69) is 12.1 Å². The number of amides is 1. The Bertz CT molecular complexity index is 1050. The van der Waals surface area contributed by atoms with Gasteiger partial charge in [0, 0.05) is 0 Å². The second-order valence-corrected chi connectivity index (χ2v) is 8.91. The maximum atomic E-state index is 13.4. The second-order valence-electron chi connectivity index (χ2n) is 8.91.